The SMILES string of the molecule is CCN(CC)Cn1sc2nc(C)cc(C)c2c1=O. The second kappa shape index (κ2) is 5.20. The van der Waals surface area contributed by atoms with Gasteiger partial charge in [0.05, 0.1) is 12.1 Å². The molecule has 0 amide bonds. The van der Waals surface area contributed by atoms with Crippen LogP contribution in [0.5, 0.6) is 0 Å². The van der Waals surface area contributed by atoms with Crippen molar-refractivity contribution in [2.75, 3.05) is 13.1 Å². The number of hydrogen-bond acceptors (Lipinski definition) is 4. The molecule has 4 nitrogen and oxygen atoms in total. The number of nitrogens with zero attached hydrogens (tertiary/aromatic N) is 3. The van der Waals surface area contributed by atoms with Crippen molar-refractivity contribution in [2.45, 2.75) is 34.4 Å². The molecule has 0 N–H and O–H groups in total. The van der Waals surface area contributed by atoms with Gasteiger partial charge in [-0.15, -0.1) is 0 Å². The Bertz CT molecular complexity index is 610. The molecular weight excluding hydrogens is 246 g/mol. The average molecular weight is 265 g/mol. The third kappa shape index (κ3) is 2.33. The number of fused-ring (bicyclic) bond motifs is 1. The van der Waals surface area contributed by atoms with Crippen LogP contribution in [0.15, 0.2) is 10.9 Å². The van der Waals surface area contributed by atoms with Gasteiger partial charge in [0.2, 0.25) is 0 Å². The summed E-state index contributed by atoms with van der Waals surface area (Å²) in [6, 6.07) is 1.97. The fourth-order valence-electron chi connectivity index (χ4n) is 2.10. The maximum Gasteiger partial charge on any atom is 0.271 e. The largest absolute Gasteiger partial charge is 0.285 e. The first kappa shape index (κ1) is 13.2. The van der Waals surface area contributed by atoms with E-state index < -0.39 is 0 Å². The Morgan fingerprint density at radius 3 is 2.61 bits per heavy atom. The molecule has 0 aromatic carbocycles. The van der Waals surface area contributed by atoms with Crippen LogP contribution in [-0.4, -0.2) is 26.9 Å². The fraction of sp³-hybridized carbons (Fsp3) is 0.538. The highest BCUT2D eigenvalue weighted by Gasteiger charge is 2.13. The summed E-state index contributed by atoms with van der Waals surface area (Å²) in [5.41, 5.74) is 2.08. The summed E-state index contributed by atoms with van der Waals surface area (Å²) in [6.07, 6.45) is 0. The molecule has 2 aromatic rings. The summed E-state index contributed by atoms with van der Waals surface area (Å²) >= 11 is 1.46. The molecule has 0 radical (unpaired) electrons. The van der Waals surface area contributed by atoms with Crippen molar-refractivity contribution in [2.24, 2.45) is 0 Å². The van der Waals surface area contributed by atoms with Crippen molar-refractivity contribution in [3.63, 3.8) is 0 Å². The Morgan fingerprint density at radius 2 is 2.00 bits per heavy atom. The summed E-state index contributed by atoms with van der Waals surface area (Å²) in [6.45, 7) is 10.7. The van der Waals surface area contributed by atoms with E-state index in [9.17, 15) is 4.79 Å². The van der Waals surface area contributed by atoms with Crippen molar-refractivity contribution < 1.29 is 0 Å². The summed E-state index contributed by atoms with van der Waals surface area (Å²) in [5.74, 6) is 0. The van der Waals surface area contributed by atoms with E-state index in [4.69, 9.17) is 0 Å². The van der Waals surface area contributed by atoms with Crippen molar-refractivity contribution in [1.29, 1.82) is 0 Å². The molecular formula is C13H19N3OS. The van der Waals surface area contributed by atoms with E-state index in [0.29, 0.717) is 6.67 Å². The lowest BCUT2D eigenvalue weighted by molar-refractivity contribution is 0.249. The Kier molecular flexibility index (Phi) is 3.82. The summed E-state index contributed by atoms with van der Waals surface area (Å²) < 4.78 is 1.80. The minimum atomic E-state index is 0.0897. The lowest BCUT2D eigenvalue weighted by Gasteiger charge is -2.17. The van der Waals surface area contributed by atoms with Crippen LogP contribution in [0.3, 0.4) is 0 Å². The molecule has 5 heteroatoms. The van der Waals surface area contributed by atoms with Crippen LogP contribution in [0.25, 0.3) is 10.2 Å². The van der Waals surface area contributed by atoms with Gasteiger partial charge in [-0.1, -0.05) is 13.8 Å². The van der Waals surface area contributed by atoms with Gasteiger partial charge in [0, 0.05) is 5.69 Å². The van der Waals surface area contributed by atoms with Crippen LogP contribution in [0.1, 0.15) is 25.1 Å². The number of hydrogen-bond donors (Lipinski definition) is 0. The number of aryl methyl sites for hydroxylation is 2. The van der Waals surface area contributed by atoms with Gasteiger partial charge >= 0.3 is 0 Å². The molecule has 0 bridgehead atoms. The summed E-state index contributed by atoms with van der Waals surface area (Å²) in [4.78, 5) is 19.9. The van der Waals surface area contributed by atoms with Crippen molar-refractivity contribution in [3.8, 4) is 0 Å². The van der Waals surface area contributed by atoms with E-state index in [1.807, 2.05) is 19.9 Å². The molecule has 0 spiro atoms. The Labute approximate surface area is 111 Å². The maximum atomic E-state index is 12.3. The van der Waals surface area contributed by atoms with Gasteiger partial charge in [0.1, 0.15) is 4.83 Å². The van der Waals surface area contributed by atoms with Gasteiger partial charge in [0.15, 0.2) is 0 Å². The topological polar surface area (TPSA) is 38.1 Å². The molecule has 0 atom stereocenters. The molecule has 2 rings (SSSR count). The lowest BCUT2D eigenvalue weighted by Crippen LogP contribution is -2.29. The molecule has 0 aliphatic carbocycles. The smallest absolute Gasteiger partial charge is 0.271 e. The normalized spacial score (nSPS) is 11.6. The van der Waals surface area contributed by atoms with Crippen molar-refractivity contribution in [1.82, 2.24) is 13.8 Å². The van der Waals surface area contributed by atoms with Gasteiger partial charge < -0.3 is 0 Å². The molecule has 0 saturated carbocycles. The minimum absolute atomic E-state index is 0.0897. The first-order valence-corrected chi connectivity index (χ1v) is 7.04. The van der Waals surface area contributed by atoms with E-state index >= 15 is 0 Å². The molecule has 18 heavy (non-hydrogen) atoms. The van der Waals surface area contributed by atoms with Gasteiger partial charge in [-0.05, 0) is 50.1 Å². The van der Waals surface area contributed by atoms with E-state index in [0.717, 1.165) is 34.6 Å². The van der Waals surface area contributed by atoms with Gasteiger partial charge in [0.25, 0.3) is 5.56 Å². The zero-order valence-corrected chi connectivity index (χ0v) is 12.2. The number of pyridine rings is 1. The molecule has 0 fully saturated rings. The standard InChI is InChI=1S/C13H19N3OS/c1-5-15(6-2)8-16-13(17)11-9(3)7-10(4)14-12(11)18-16/h7H,5-6,8H2,1-4H3. The van der Waals surface area contributed by atoms with Crippen LogP contribution in [0.2, 0.25) is 0 Å². The zero-order valence-electron chi connectivity index (χ0n) is 11.4. The number of rotatable bonds is 4. The Morgan fingerprint density at radius 1 is 1.33 bits per heavy atom. The highest BCUT2D eigenvalue weighted by molar-refractivity contribution is 7.13. The molecule has 2 heterocycles. The van der Waals surface area contributed by atoms with Crippen LogP contribution in [0, 0.1) is 13.8 Å². The summed E-state index contributed by atoms with van der Waals surface area (Å²) in [7, 11) is 0. The average Bonchev–Trinajstić information content (AvgIpc) is 2.62. The molecule has 0 aliphatic rings. The van der Waals surface area contributed by atoms with Crippen LogP contribution < -0.4 is 5.56 Å². The molecule has 98 valence electrons. The van der Waals surface area contributed by atoms with E-state index in [1.54, 1.807) is 3.96 Å². The molecule has 0 aliphatic heterocycles. The van der Waals surface area contributed by atoms with Crippen LogP contribution >= 0.6 is 11.5 Å². The third-order valence-corrected chi connectivity index (χ3v) is 4.14. The van der Waals surface area contributed by atoms with E-state index in [2.05, 4.69) is 23.7 Å². The summed E-state index contributed by atoms with van der Waals surface area (Å²) in [5, 5.41) is 0.776. The molecule has 2 aromatic heterocycles. The highest BCUT2D eigenvalue weighted by Crippen LogP contribution is 2.19. The van der Waals surface area contributed by atoms with Gasteiger partial charge in [-0.2, -0.15) is 0 Å². The highest BCUT2D eigenvalue weighted by atomic mass is 32.1. The molecule has 0 unspecified atom stereocenters. The number of aromatic nitrogens is 2. The van der Waals surface area contributed by atoms with Crippen molar-refractivity contribution in [3.05, 3.63) is 27.7 Å². The fourth-order valence-corrected chi connectivity index (χ4v) is 3.23. The van der Waals surface area contributed by atoms with Gasteiger partial charge in [-0.25, -0.2) is 8.94 Å². The Balaban J connectivity index is 2.51. The first-order valence-electron chi connectivity index (χ1n) is 6.27. The van der Waals surface area contributed by atoms with E-state index in [1.165, 1.54) is 11.5 Å². The minimum Gasteiger partial charge on any atom is -0.285 e. The second-order valence-electron chi connectivity index (χ2n) is 4.48. The van der Waals surface area contributed by atoms with Gasteiger partial charge in [-0.3, -0.25) is 9.69 Å². The monoisotopic (exact) mass is 265 g/mol. The lowest BCUT2D eigenvalue weighted by atomic mass is 10.2. The first-order chi connectivity index (χ1) is 8.56. The second-order valence-corrected chi connectivity index (χ2v) is 5.49. The van der Waals surface area contributed by atoms with Crippen LogP contribution in [0.4, 0.5) is 0 Å². The predicted octanol–water partition coefficient (Wildman–Crippen LogP) is 2.37. The van der Waals surface area contributed by atoms with Crippen LogP contribution in [-0.2, 0) is 6.67 Å². The maximum absolute atomic E-state index is 12.3. The van der Waals surface area contributed by atoms with E-state index in [-0.39, 0.29) is 5.56 Å². The quantitative estimate of drug-likeness (QED) is 0.852. The predicted molar refractivity (Wildman–Crippen MR) is 76.3 cm³/mol. The zero-order chi connectivity index (χ0) is 13.3. The Hall–Kier alpha value is -1.20. The third-order valence-electron chi connectivity index (χ3n) is 3.17. The van der Waals surface area contributed by atoms with Crippen molar-refractivity contribution >= 4 is 21.7 Å². The molecule has 0 saturated heterocycles.